The standard InChI is InChI=1S/C19H30N4O2.2ClH/c1-15(16-6-5-9-20-13-16)12-18(24)22-14-19(25)23(2)11-8-17-7-3-4-10-21-17;;/h3-4,7,10,15-16,20H,5-6,8-9,11-14H2,1-2H3,(H,22,24);2*1H. The molecule has 2 rings (SSSR count). The van der Waals surface area contributed by atoms with E-state index in [0.29, 0.717) is 31.2 Å². The van der Waals surface area contributed by atoms with E-state index in [4.69, 9.17) is 0 Å². The van der Waals surface area contributed by atoms with Crippen LogP contribution in [0, 0.1) is 11.8 Å². The van der Waals surface area contributed by atoms with Crippen molar-refractivity contribution in [3.63, 3.8) is 0 Å². The second-order valence-corrected chi connectivity index (χ2v) is 6.95. The van der Waals surface area contributed by atoms with Gasteiger partial charge in [-0.05, 0) is 49.9 Å². The maximum atomic E-state index is 12.1. The third kappa shape index (κ3) is 9.40. The van der Waals surface area contributed by atoms with Gasteiger partial charge in [-0.15, -0.1) is 24.8 Å². The van der Waals surface area contributed by atoms with Gasteiger partial charge in [-0.1, -0.05) is 13.0 Å². The molecule has 2 N–H and O–H groups in total. The summed E-state index contributed by atoms with van der Waals surface area (Å²) >= 11 is 0. The molecule has 27 heavy (non-hydrogen) atoms. The minimum absolute atomic E-state index is 0. The largest absolute Gasteiger partial charge is 0.347 e. The lowest BCUT2D eigenvalue weighted by molar-refractivity contribution is -0.132. The lowest BCUT2D eigenvalue weighted by Crippen LogP contribution is -2.40. The third-order valence-electron chi connectivity index (χ3n) is 4.94. The van der Waals surface area contributed by atoms with Crippen molar-refractivity contribution in [1.29, 1.82) is 0 Å². The van der Waals surface area contributed by atoms with Gasteiger partial charge in [0.1, 0.15) is 0 Å². The van der Waals surface area contributed by atoms with Gasteiger partial charge < -0.3 is 15.5 Å². The van der Waals surface area contributed by atoms with Crippen LogP contribution in [0.2, 0.25) is 0 Å². The average Bonchev–Trinajstić information content (AvgIpc) is 2.65. The van der Waals surface area contributed by atoms with Crippen LogP contribution in [0.1, 0.15) is 31.9 Å². The molecule has 1 aliphatic heterocycles. The first-order valence-corrected chi connectivity index (χ1v) is 9.17. The molecular weight excluding hydrogens is 387 g/mol. The molecule has 1 aromatic rings. The number of carbonyl (C=O) groups excluding carboxylic acids is 2. The highest BCUT2D eigenvalue weighted by atomic mass is 35.5. The Balaban J connectivity index is 0.00000338. The van der Waals surface area contributed by atoms with E-state index in [1.807, 2.05) is 18.2 Å². The number of rotatable bonds is 8. The predicted octanol–water partition coefficient (Wildman–Crippen LogP) is 2.07. The van der Waals surface area contributed by atoms with Crippen molar-refractivity contribution in [2.24, 2.45) is 11.8 Å². The molecule has 2 unspecified atom stereocenters. The lowest BCUT2D eigenvalue weighted by atomic mass is 9.85. The van der Waals surface area contributed by atoms with Gasteiger partial charge in [0.05, 0.1) is 6.54 Å². The van der Waals surface area contributed by atoms with Crippen LogP contribution >= 0.6 is 24.8 Å². The number of piperidine rings is 1. The molecule has 2 amide bonds. The van der Waals surface area contributed by atoms with E-state index in [0.717, 1.165) is 18.8 Å². The number of carbonyl (C=O) groups is 2. The van der Waals surface area contributed by atoms with Crippen LogP contribution in [0.15, 0.2) is 24.4 Å². The number of likely N-dealkylation sites (N-methyl/N-ethyl adjacent to an activating group) is 1. The summed E-state index contributed by atoms with van der Waals surface area (Å²) < 4.78 is 0. The molecule has 6 nitrogen and oxygen atoms in total. The van der Waals surface area contributed by atoms with Gasteiger partial charge in [-0.2, -0.15) is 0 Å². The Morgan fingerprint density at radius 2 is 2.15 bits per heavy atom. The van der Waals surface area contributed by atoms with Crippen molar-refractivity contribution in [2.75, 3.05) is 33.2 Å². The molecule has 0 aromatic carbocycles. The maximum absolute atomic E-state index is 12.1. The van der Waals surface area contributed by atoms with Crippen LogP contribution in [0.4, 0.5) is 0 Å². The molecule has 1 fully saturated rings. The number of nitrogens with zero attached hydrogens (tertiary/aromatic N) is 2. The maximum Gasteiger partial charge on any atom is 0.241 e. The van der Waals surface area contributed by atoms with Crippen LogP contribution in [-0.4, -0.2) is 54.9 Å². The first-order valence-electron chi connectivity index (χ1n) is 9.17. The monoisotopic (exact) mass is 418 g/mol. The first-order chi connectivity index (χ1) is 12.1. The second-order valence-electron chi connectivity index (χ2n) is 6.95. The highest BCUT2D eigenvalue weighted by molar-refractivity contribution is 5.86. The fraction of sp³-hybridized carbons (Fsp3) is 0.632. The highest BCUT2D eigenvalue weighted by Crippen LogP contribution is 2.22. The molecule has 2 atom stereocenters. The first kappa shape index (κ1) is 25.6. The summed E-state index contributed by atoms with van der Waals surface area (Å²) in [7, 11) is 1.76. The predicted molar refractivity (Wildman–Crippen MR) is 112 cm³/mol. The van der Waals surface area contributed by atoms with Crippen LogP contribution in [0.3, 0.4) is 0 Å². The zero-order chi connectivity index (χ0) is 18.1. The van der Waals surface area contributed by atoms with Crippen LogP contribution < -0.4 is 10.6 Å². The summed E-state index contributed by atoms with van der Waals surface area (Å²) in [5.74, 6) is 0.779. The van der Waals surface area contributed by atoms with Gasteiger partial charge in [0.2, 0.25) is 11.8 Å². The Hall–Kier alpha value is -1.37. The van der Waals surface area contributed by atoms with E-state index in [2.05, 4.69) is 22.5 Å². The van der Waals surface area contributed by atoms with Crippen molar-refractivity contribution in [3.8, 4) is 0 Å². The smallest absolute Gasteiger partial charge is 0.241 e. The molecule has 2 heterocycles. The van der Waals surface area contributed by atoms with Gasteiger partial charge >= 0.3 is 0 Å². The Kier molecular flexibility index (Phi) is 13.0. The van der Waals surface area contributed by atoms with Gasteiger partial charge in [-0.25, -0.2) is 0 Å². The van der Waals surface area contributed by atoms with Gasteiger partial charge in [0.25, 0.3) is 0 Å². The minimum atomic E-state index is -0.0729. The van der Waals surface area contributed by atoms with Gasteiger partial charge in [0.15, 0.2) is 0 Å². The summed E-state index contributed by atoms with van der Waals surface area (Å²) in [4.78, 5) is 30.1. The lowest BCUT2D eigenvalue weighted by Gasteiger charge is -2.28. The molecule has 0 saturated carbocycles. The molecule has 0 spiro atoms. The Morgan fingerprint density at radius 3 is 2.78 bits per heavy atom. The van der Waals surface area contributed by atoms with Crippen LogP contribution in [0.25, 0.3) is 0 Å². The molecule has 1 aromatic heterocycles. The molecule has 0 bridgehead atoms. The van der Waals surface area contributed by atoms with Crippen molar-refractivity contribution in [3.05, 3.63) is 30.1 Å². The summed E-state index contributed by atoms with van der Waals surface area (Å²) in [6.45, 7) is 4.85. The molecule has 8 heteroatoms. The highest BCUT2D eigenvalue weighted by Gasteiger charge is 2.22. The fourth-order valence-electron chi connectivity index (χ4n) is 3.16. The van der Waals surface area contributed by atoms with E-state index < -0.39 is 0 Å². The van der Waals surface area contributed by atoms with Crippen molar-refractivity contribution >= 4 is 36.6 Å². The molecular formula is C19H32Cl2N4O2. The number of amides is 2. The summed E-state index contributed by atoms with van der Waals surface area (Å²) in [6, 6.07) is 5.76. The number of hydrogen-bond donors (Lipinski definition) is 2. The molecule has 0 radical (unpaired) electrons. The number of aromatic nitrogens is 1. The van der Waals surface area contributed by atoms with E-state index in [1.54, 1.807) is 18.1 Å². The summed E-state index contributed by atoms with van der Waals surface area (Å²) in [5, 5.41) is 6.15. The summed E-state index contributed by atoms with van der Waals surface area (Å²) in [5.41, 5.74) is 0.959. The molecule has 0 aliphatic carbocycles. The number of pyridine rings is 1. The van der Waals surface area contributed by atoms with Crippen LogP contribution in [0.5, 0.6) is 0 Å². The van der Waals surface area contributed by atoms with Crippen molar-refractivity contribution in [2.45, 2.75) is 32.6 Å². The van der Waals surface area contributed by atoms with Gasteiger partial charge in [0, 0.05) is 38.3 Å². The zero-order valence-electron chi connectivity index (χ0n) is 16.1. The third-order valence-corrected chi connectivity index (χ3v) is 4.94. The number of hydrogen-bond acceptors (Lipinski definition) is 4. The fourth-order valence-corrected chi connectivity index (χ4v) is 3.16. The molecule has 1 saturated heterocycles. The van der Waals surface area contributed by atoms with E-state index in [-0.39, 0.29) is 43.2 Å². The Bertz CT molecular complexity index is 554. The number of nitrogens with one attached hydrogen (secondary N) is 2. The Labute approximate surface area is 174 Å². The second kappa shape index (κ2) is 13.7. The van der Waals surface area contributed by atoms with E-state index in [1.165, 1.54) is 12.8 Å². The quantitative estimate of drug-likeness (QED) is 0.677. The van der Waals surface area contributed by atoms with Gasteiger partial charge in [-0.3, -0.25) is 14.6 Å². The average molecular weight is 419 g/mol. The zero-order valence-corrected chi connectivity index (χ0v) is 17.8. The number of halogens is 2. The molecule has 1 aliphatic rings. The minimum Gasteiger partial charge on any atom is -0.347 e. The van der Waals surface area contributed by atoms with Crippen molar-refractivity contribution in [1.82, 2.24) is 20.5 Å². The Morgan fingerprint density at radius 1 is 1.37 bits per heavy atom. The van der Waals surface area contributed by atoms with Crippen molar-refractivity contribution < 1.29 is 9.59 Å². The topological polar surface area (TPSA) is 74.3 Å². The SMILES string of the molecule is CC(CC(=O)NCC(=O)N(C)CCc1ccccn1)C1CCCNC1.Cl.Cl. The van der Waals surface area contributed by atoms with Crippen LogP contribution in [-0.2, 0) is 16.0 Å². The normalized spacial score (nSPS) is 17.0. The van der Waals surface area contributed by atoms with E-state index >= 15 is 0 Å². The molecule has 154 valence electrons. The summed E-state index contributed by atoms with van der Waals surface area (Å²) in [6.07, 6.45) is 5.30. The van der Waals surface area contributed by atoms with E-state index in [9.17, 15) is 9.59 Å².